The molecule has 3 N–H and O–H groups in total. The Balaban J connectivity index is 1.15. The van der Waals surface area contributed by atoms with Crippen LogP contribution in [-0.4, -0.2) is 99.6 Å². The van der Waals surface area contributed by atoms with E-state index >= 15 is 0 Å². The number of ether oxygens (including phenoxy) is 3. The molecule has 8 atom stereocenters. The molecule has 3 aromatic rings. The van der Waals surface area contributed by atoms with E-state index in [9.17, 15) is 37.0 Å². The number of aryl methyl sites for hydroxylation is 2. The molecule has 3 unspecified atom stereocenters. The van der Waals surface area contributed by atoms with Gasteiger partial charge in [0.25, 0.3) is 21.2 Å². The molecule has 3 aliphatic heterocycles. The molecule has 0 saturated carbocycles. The van der Waals surface area contributed by atoms with Crippen LogP contribution in [0.3, 0.4) is 0 Å². The number of hydrogen-bond donors (Lipinski definition) is 2. The highest BCUT2D eigenvalue weighted by atomic mass is 32.2. The van der Waals surface area contributed by atoms with E-state index in [1.807, 2.05) is 47.0 Å². The number of esters is 1. The van der Waals surface area contributed by atoms with Gasteiger partial charge in [0.2, 0.25) is 0 Å². The molecule has 1 aromatic carbocycles. The van der Waals surface area contributed by atoms with E-state index in [1.165, 1.54) is 35.6 Å². The molecule has 0 aliphatic carbocycles. The van der Waals surface area contributed by atoms with Crippen LogP contribution in [0.1, 0.15) is 97.7 Å². The molecule has 3 aliphatic rings. The second-order valence-electron chi connectivity index (χ2n) is 22.7. The van der Waals surface area contributed by atoms with Crippen molar-refractivity contribution < 1.29 is 54.1 Å². The number of nitrogens with two attached hydrogens (primary N) is 1. The van der Waals surface area contributed by atoms with Gasteiger partial charge in [0.15, 0.2) is 34.7 Å². The number of nitrogens with one attached hydrogen (secondary N) is 1. The fourth-order valence-electron chi connectivity index (χ4n) is 8.47. The van der Waals surface area contributed by atoms with Gasteiger partial charge in [0, 0.05) is 36.6 Å². The molecule has 2 aromatic heterocycles. The number of nitrogens with zero attached hydrogens (tertiary/aromatic N) is 4. The summed E-state index contributed by atoms with van der Waals surface area (Å²) in [5.74, 6) is -0.466. The van der Waals surface area contributed by atoms with Crippen molar-refractivity contribution in [3.63, 3.8) is 0 Å². The van der Waals surface area contributed by atoms with Crippen LogP contribution < -0.4 is 37.8 Å². The molecule has 0 amide bonds. The summed E-state index contributed by atoms with van der Waals surface area (Å²) in [6.07, 6.45) is 2.38. The van der Waals surface area contributed by atoms with E-state index in [2.05, 4.69) is 25.9 Å². The smallest absolute Gasteiger partial charge is 0.459 e. The Labute approximate surface area is 446 Å². The van der Waals surface area contributed by atoms with Crippen LogP contribution in [0.4, 0.5) is 0 Å². The third-order valence-corrected chi connectivity index (χ3v) is 26.6. The number of methoxy groups -OCH3 is 1. The fourth-order valence-corrected chi connectivity index (χ4v) is 13.5. The first kappa shape index (κ1) is 60.7. The number of carbonyl (C=O) groups is 1. The molecule has 6 rings (SSSR count). The summed E-state index contributed by atoms with van der Waals surface area (Å²) in [6, 6.07) is 7.20. The maximum Gasteiger partial charge on any atom is 0.459 e. The maximum atomic E-state index is 14.6. The number of para-hydroxylation sites is 1. The highest BCUT2D eigenvalue weighted by Crippen LogP contribution is 2.52. The van der Waals surface area contributed by atoms with Crippen LogP contribution in [0.25, 0.3) is 0 Å². The topological polar surface area (TPSA) is 268 Å². The van der Waals surface area contributed by atoms with Gasteiger partial charge in [-0.15, -0.1) is 0 Å². The molecule has 1 spiro atoms. The van der Waals surface area contributed by atoms with Gasteiger partial charge in [-0.3, -0.25) is 37.2 Å². The molecular formula is C50H77N6O16PSSi2. The number of aromatic nitrogens is 4. The van der Waals surface area contributed by atoms with Gasteiger partial charge in [-0.25, -0.2) is 18.3 Å². The summed E-state index contributed by atoms with van der Waals surface area (Å²) in [4.78, 5) is 67.8. The molecule has 76 heavy (non-hydrogen) atoms. The van der Waals surface area contributed by atoms with E-state index in [-0.39, 0.29) is 53.9 Å². The van der Waals surface area contributed by atoms with Crippen LogP contribution in [-0.2, 0) is 64.3 Å². The van der Waals surface area contributed by atoms with E-state index < -0.39 is 110 Å². The lowest BCUT2D eigenvalue weighted by atomic mass is 9.89. The van der Waals surface area contributed by atoms with Gasteiger partial charge in [0.05, 0.1) is 31.4 Å². The van der Waals surface area contributed by atoms with E-state index in [0.29, 0.717) is 25.7 Å². The Morgan fingerprint density at radius 3 is 1.91 bits per heavy atom. The third-order valence-electron chi connectivity index (χ3n) is 15.0. The van der Waals surface area contributed by atoms with E-state index in [4.69, 9.17) is 42.0 Å². The largest absolute Gasteiger partial charge is 0.468 e. The summed E-state index contributed by atoms with van der Waals surface area (Å²) < 4.78 is 93.9. The predicted octanol–water partition coefficient (Wildman–Crippen LogP) is 6.23. The molecule has 1 saturated heterocycles. The van der Waals surface area contributed by atoms with Gasteiger partial charge in [-0.2, -0.15) is 13.5 Å². The SMILES string of the molecule is COC(=O)C(C)NP(=O)(OC[C@@H]1C=C[C@H](n2cc(C)c(=O)n(CCCCCCn3c(=O)c(C)cn([C@@H]4O[C@H](CO[Si](C)(C)C(C)(C)C)C5(OS(=O)(=O)C=C5N)[C@H]4O[Si](C)(C)C(C)(C)C)c3=O)c2=O)O1)Oc1ccccc1. The molecule has 422 valence electrons. The minimum Gasteiger partial charge on any atom is -0.468 e. The normalized spacial score (nSPS) is 23.9. The number of benzene rings is 1. The fraction of sp³-hybridized carbons (Fsp3) is 0.620. The van der Waals surface area contributed by atoms with Crippen molar-refractivity contribution in [3.05, 3.63) is 119 Å². The van der Waals surface area contributed by atoms with Gasteiger partial charge >= 0.3 is 25.1 Å². The van der Waals surface area contributed by atoms with Crippen LogP contribution in [0.2, 0.25) is 36.3 Å². The molecule has 22 nitrogen and oxygen atoms in total. The molecule has 5 heterocycles. The number of hydrogen-bond acceptors (Lipinski definition) is 17. The van der Waals surface area contributed by atoms with Crippen molar-refractivity contribution in [1.82, 2.24) is 23.4 Å². The minimum atomic E-state index is -4.33. The second-order valence-corrected chi connectivity index (χ2v) is 35.3. The minimum absolute atomic E-state index is 0.0113. The predicted molar refractivity (Wildman–Crippen MR) is 290 cm³/mol. The summed E-state index contributed by atoms with van der Waals surface area (Å²) >= 11 is 0. The zero-order chi connectivity index (χ0) is 56.6. The average Bonchev–Trinajstić information content (AvgIpc) is 3.99. The van der Waals surface area contributed by atoms with Crippen molar-refractivity contribution in [2.75, 3.05) is 20.3 Å². The van der Waals surface area contributed by atoms with Crippen LogP contribution >= 0.6 is 7.75 Å². The lowest BCUT2D eigenvalue weighted by Crippen LogP contribution is -2.59. The van der Waals surface area contributed by atoms with Gasteiger partial charge in [0.1, 0.15) is 30.1 Å². The quantitative estimate of drug-likeness (QED) is 0.0282. The van der Waals surface area contributed by atoms with Gasteiger partial charge < -0.3 is 33.3 Å². The first-order chi connectivity index (χ1) is 35.2. The average molecular weight is 1140 g/mol. The lowest BCUT2D eigenvalue weighted by Gasteiger charge is -2.43. The Morgan fingerprint density at radius 2 is 1.38 bits per heavy atom. The Hall–Kier alpha value is -4.54. The van der Waals surface area contributed by atoms with Crippen molar-refractivity contribution >= 4 is 40.5 Å². The molecule has 0 bridgehead atoms. The Morgan fingerprint density at radius 1 is 0.829 bits per heavy atom. The van der Waals surface area contributed by atoms with Crippen LogP contribution in [0.5, 0.6) is 5.75 Å². The number of carbonyl (C=O) groups excluding carboxylic acids is 1. The first-order valence-electron chi connectivity index (χ1n) is 25.4. The van der Waals surface area contributed by atoms with Gasteiger partial charge in [-0.1, -0.05) is 78.7 Å². The third kappa shape index (κ3) is 13.1. The molecule has 26 heteroatoms. The standard InChI is InChI=1S/C50H77N6O16PSSi2/c1-33-28-55(40-25-24-37(68-40)30-66-73(62,52-35(3)45(59)65-10)70-36-22-18-17-19-23-36)46(60)53(42(33)57)26-20-15-16-21-27-54-43(58)34(2)29-56(47(54)61)44-41(71-76(13,14)49(7,8)9)50(38(51)32-74(63,64)72-50)39(69-44)31-67-75(11,12)48(4,5)6/h17-19,22-25,28-29,32,35,37,39-41,44H,15-16,20-21,26-27,30-31,51H2,1-14H3,(H,52,62)/t35?,37-,39+,40+,41-,44+,50?,73?/m0/s1. The lowest BCUT2D eigenvalue weighted by molar-refractivity contribution is -0.142. The second kappa shape index (κ2) is 23.0. The zero-order valence-electron chi connectivity index (χ0n) is 46.1. The summed E-state index contributed by atoms with van der Waals surface area (Å²) in [5, 5.41) is 2.83. The number of rotatable bonds is 22. The molecule has 1 fully saturated rings. The van der Waals surface area contributed by atoms with E-state index in [0.717, 1.165) is 14.5 Å². The van der Waals surface area contributed by atoms with Crippen molar-refractivity contribution in [2.45, 2.75) is 180 Å². The van der Waals surface area contributed by atoms with Crippen molar-refractivity contribution in [2.24, 2.45) is 5.73 Å². The number of unbranched alkanes of at least 4 members (excludes halogenated alkanes) is 3. The highest BCUT2D eigenvalue weighted by Gasteiger charge is 2.67. The zero-order valence-corrected chi connectivity index (χ0v) is 49.9. The van der Waals surface area contributed by atoms with Crippen molar-refractivity contribution in [3.8, 4) is 5.75 Å². The van der Waals surface area contributed by atoms with E-state index in [1.54, 1.807) is 56.3 Å². The molecular weight excluding hydrogens is 1060 g/mol. The van der Waals surface area contributed by atoms with Crippen LogP contribution in [0, 0.1) is 13.8 Å². The maximum absolute atomic E-state index is 14.6. The summed E-state index contributed by atoms with van der Waals surface area (Å²) in [6.45, 7) is 24.6. The molecule has 0 radical (unpaired) electrons. The van der Waals surface area contributed by atoms with Crippen molar-refractivity contribution in [1.29, 1.82) is 0 Å². The van der Waals surface area contributed by atoms with Crippen LogP contribution in [0.15, 0.2) is 85.2 Å². The summed E-state index contributed by atoms with van der Waals surface area (Å²) in [5.41, 5.74) is 2.80. The first-order valence-corrected chi connectivity index (χ1v) is 34.2. The summed E-state index contributed by atoms with van der Waals surface area (Å²) in [7, 11) is -12.6. The highest BCUT2D eigenvalue weighted by molar-refractivity contribution is 7.90. The Kier molecular flexibility index (Phi) is 18.4. The van der Waals surface area contributed by atoms with Gasteiger partial charge in [-0.05, 0) is 88.1 Å². The Bertz CT molecular complexity index is 3090. The monoisotopic (exact) mass is 1140 g/mol.